The number of carbonyl (C=O) groups excluding carboxylic acids is 1. The van der Waals surface area contributed by atoms with Gasteiger partial charge >= 0.3 is 5.97 Å². The molecule has 0 atom stereocenters. The van der Waals surface area contributed by atoms with E-state index in [0.29, 0.717) is 34.3 Å². The number of aromatic nitrogens is 1. The van der Waals surface area contributed by atoms with E-state index < -0.39 is 5.97 Å². The van der Waals surface area contributed by atoms with Gasteiger partial charge in [-0.1, -0.05) is 5.16 Å². The topological polar surface area (TPSA) is 80.0 Å². The number of hydrogen-bond donors (Lipinski definition) is 0. The van der Waals surface area contributed by atoms with Crippen LogP contribution < -0.4 is 14.2 Å². The van der Waals surface area contributed by atoms with Gasteiger partial charge in [-0.25, -0.2) is 4.79 Å². The van der Waals surface area contributed by atoms with E-state index in [1.165, 1.54) is 20.3 Å². The number of benzene rings is 1. The normalized spacial score (nSPS) is 10.8. The lowest BCUT2D eigenvalue weighted by molar-refractivity contribution is -0.138. The number of methoxy groups -OCH3 is 3. The van der Waals surface area contributed by atoms with Crippen molar-refractivity contribution < 1.29 is 28.3 Å². The first-order valence-electron chi connectivity index (χ1n) is 7.56. The number of carbonyl (C=O) groups is 1. The van der Waals surface area contributed by atoms with Crippen molar-refractivity contribution in [2.24, 2.45) is 0 Å². The SMILES string of the molecule is COc1cc(OC)c(OC)cc1/C=C/C(=O)OCc1c(C)noc1C. The van der Waals surface area contributed by atoms with Crippen LogP contribution >= 0.6 is 0 Å². The van der Waals surface area contributed by atoms with Crippen LogP contribution in [0.5, 0.6) is 17.2 Å². The highest BCUT2D eigenvalue weighted by Crippen LogP contribution is 2.35. The highest BCUT2D eigenvalue weighted by atomic mass is 16.5. The fraction of sp³-hybridized carbons (Fsp3) is 0.333. The molecule has 134 valence electrons. The first-order valence-corrected chi connectivity index (χ1v) is 7.56. The van der Waals surface area contributed by atoms with Gasteiger partial charge in [0, 0.05) is 17.7 Å². The molecule has 0 unspecified atom stereocenters. The van der Waals surface area contributed by atoms with E-state index in [2.05, 4.69) is 5.16 Å². The second kappa shape index (κ2) is 8.23. The molecule has 2 rings (SSSR count). The predicted octanol–water partition coefficient (Wildman–Crippen LogP) is 3.07. The van der Waals surface area contributed by atoms with E-state index in [1.54, 1.807) is 39.2 Å². The molecule has 1 aromatic carbocycles. The molecule has 0 saturated carbocycles. The van der Waals surface area contributed by atoms with Crippen molar-refractivity contribution in [1.82, 2.24) is 5.16 Å². The Morgan fingerprint density at radius 2 is 1.72 bits per heavy atom. The maximum Gasteiger partial charge on any atom is 0.331 e. The lowest BCUT2D eigenvalue weighted by Gasteiger charge is -2.12. The van der Waals surface area contributed by atoms with Gasteiger partial charge in [0.05, 0.1) is 32.6 Å². The molecule has 0 aliphatic rings. The van der Waals surface area contributed by atoms with Crippen LogP contribution in [-0.2, 0) is 16.1 Å². The molecule has 1 heterocycles. The molecule has 0 aliphatic carbocycles. The van der Waals surface area contributed by atoms with E-state index in [4.69, 9.17) is 23.5 Å². The molecule has 25 heavy (non-hydrogen) atoms. The molecule has 0 N–H and O–H groups in total. The van der Waals surface area contributed by atoms with Crippen molar-refractivity contribution in [3.05, 3.63) is 40.8 Å². The van der Waals surface area contributed by atoms with Gasteiger partial charge in [-0.3, -0.25) is 0 Å². The molecular formula is C18H21NO6. The number of esters is 1. The van der Waals surface area contributed by atoms with E-state index in [-0.39, 0.29) is 6.61 Å². The zero-order valence-corrected chi connectivity index (χ0v) is 14.9. The molecule has 0 saturated heterocycles. The van der Waals surface area contributed by atoms with Crippen molar-refractivity contribution in [2.45, 2.75) is 20.5 Å². The second-order valence-corrected chi connectivity index (χ2v) is 5.19. The molecular weight excluding hydrogens is 326 g/mol. The highest BCUT2D eigenvalue weighted by molar-refractivity contribution is 5.87. The number of rotatable bonds is 7. The summed E-state index contributed by atoms with van der Waals surface area (Å²) in [6.45, 7) is 3.67. The fourth-order valence-electron chi connectivity index (χ4n) is 2.24. The largest absolute Gasteiger partial charge is 0.496 e. The molecule has 7 heteroatoms. The zero-order valence-electron chi connectivity index (χ0n) is 14.9. The Bertz CT molecular complexity index is 759. The van der Waals surface area contributed by atoms with Gasteiger partial charge in [0.25, 0.3) is 0 Å². The molecule has 0 radical (unpaired) electrons. The van der Waals surface area contributed by atoms with Gasteiger partial charge in [-0.05, 0) is 26.0 Å². The number of hydrogen-bond acceptors (Lipinski definition) is 7. The maximum atomic E-state index is 12.0. The number of ether oxygens (including phenoxy) is 4. The average molecular weight is 347 g/mol. The maximum absolute atomic E-state index is 12.0. The third kappa shape index (κ3) is 4.32. The van der Waals surface area contributed by atoms with Crippen molar-refractivity contribution in [3.63, 3.8) is 0 Å². The third-order valence-electron chi connectivity index (χ3n) is 3.67. The van der Waals surface area contributed by atoms with Crippen LogP contribution in [0.25, 0.3) is 6.08 Å². The van der Waals surface area contributed by atoms with Crippen molar-refractivity contribution in [3.8, 4) is 17.2 Å². The van der Waals surface area contributed by atoms with E-state index >= 15 is 0 Å². The van der Waals surface area contributed by atoms with Crippen LogP contribution in [0.2, 0.25) is 0 Å². The lowest BCUT2D eigenvalue weighted by atomic mass is 10.1. The Labute approximate surface area is 146 Å². The van der Waals surface area contributed by atoms with Gasteiger partial charge in [0.15, 0.2) is 11.5 Å². The monoisotopic (exact) mass is 347 g/mol. The van der Waals surface area contributed by atoms with Crippen LogP contribution in [0.15, 0.2) is 22.7 Å². The van der Waals surface area contributed by atoms with Gasteiger partial charge in [-0.2, -0.15) is 0 Å². The van der Waals surface area contributed by atoms with Crippen LogP contribution in [0, 0.1) is 13.8 Å². The summed E-state index contributed by atoms with van der Waals surface area (Å²) < 4.78 is 26.0. The van der Waals surface area contributed by atoms with Crippen LogP contribution in [-0.4, -0.2) is 32.5 Å². The van der Waals surface area contributed by atoms with Crippen LogP contribution in [0.3, 0.4) is 0 Å². The lowest BCUT2D eigenvalue weighted by Crippen LogP contribution is -2.02. The minimum absolute atomic E-state index is 0.105. The molecule has 1 aromatic heterocycles. The number of nitrogens with zero attached hydrogens (tertiary/aromatic N) is 1. The first-order chi connectivity index (χ1) is 12.0. The van der Waals surface area contributed by atoms with Gasteiger partial charge in [0.1, 0.15) is 18.1 Å². The quantitative estimate of drug-likeness (QED) is 0.562. The molecule has 0 amide bonds. The second-order valence-electron chi connectivity index (χ2n) is 5.19. The Balaban J connectivity index is 2.11. The Morgan fingerprint density at radius 1 is 1.08 bits per heavy atom. The van der Waals surface area contributed by atoms with Crippen molar-refractivity contribution in [2.75, 3.05) is 21.3 Å². The summed E-state index contributed by atoms with van der Waals surface area (Å²) in [7, 11) is 4.61. The molecule has 0 spiro atoms. The molecule has 0 aliphatic heterocycles. The molecule has 7 nitrogen and oxygen atoms in total. The number of aryl methyl sites for hydroxylation is 2. The van der Waals surface area contributed by atoms with E-state index in [1.807, 2.05) is 0 Å². The summed E-state index contributed by atoms with van der Waals surface area (Å²) in [4.78, 5) is 12.0. The summed E-state index contributed by atoms with van der Waals surface area (Å²) in [5.74, 6) is 1.77. The minimum atomic E-state index is -0.489. The van der Waals surface area contributed by atoms with E-state index in [0.717, 1.165) is 5.56 Å². The molecule has 2 aromatic rings. The highest BCUT2D eigenvalue weighted by Gasteiger charge is 2.12. The van der Waals surface area contributed by atoms with Gasteiger partial charge < -0.3 is 23.5 Å². The van der Waals surface area contributed by atoms with E-state index in [9.17, 15) is 4.79 Å². The summed E-state index contributed by atoms with van der Waals surface area (Å²) in [6.07, 6.45) is 2.92. The molecule has 0 fully saturated rings. The zero-order chi connectivity index (χ0) is 18.4. The van der Waals surface area contributed by atoms with Crippen molar-refractivity contribution in [1.29, 1.82) is 0 Å². The fourth-order valence-corrected chi connectivity index (χ4v) is 2.24. The Morgan fingerprint density at radius 3 is 2.28 bits per heavy atom. The smallest absolute Gasteiger partial charge is 0.331 e. The van der Waals surface area contributed by atoms with Crippen LogP contribution in [0.4, 0.5) is 0 Å². The summed E-state index contributed by atoms with van der Waals surface area (Å²) >= 11 is 0. The first kappa shape index (κ1) is 18.4. The van der Waals surface area contributed by atoms with Gasteiger partial charge in [0.2, 0.25) is 0 Å². The van der Waals surface area contributed by atoms with Crippen LogP contribution in [0.1, 0.15) is 22.6 Å². The minimum Gasteiger partial charge on any atom is -0.496 e. The third-order valence-corrected chi connectivity index (χ3v) is 3.67. The standard InChI is InChI=1S/C18H21NO6/c1-11-14(12(2)25-19-11)10-24-18(20)7-6-13-8-16(22-4)17(23-5)9-15(13)21-3/h6-9H,10H2,1-5H3/b7-6+. The Hall–Kier alpha value is -2.96. The predicted molar refractivity (Wildman–Crippen MR) is 90.9 cm³/mol. The van der Waals surface area contributed by atoms with Crippen molar-refractivity contribution >= 4 is 12.0 Å². The Kier molecular flexibility index (Phi) is 6.05. The molecule has 0 bridgehead atoms. The summed E-state index contributed by atoms with van der Waals surface area (Å²) in [5, 5.41) is 3.82. The summed E-state index contributed by atoms with van der Waals surface area (Å²) in [5.41, 5.74) is 2.13. The summed E-state index contributed by atoms with van der Waals surface area (Å²) in [6, 6.07) is 3.41. The average Bonchev–Trinajstić information content (AvgIpc) is 2.95. The van der Waals surface area contributed by atoms with Gasteiger partial charge in [-0.15, -0.1) is 0 Å².